The zero-order chi connectivity index (χ0) is 28.5. The number of hydrogen-bond donors (Lipinski definition) is 3. The molecule has 0 bridgehead atoms. The summed E-state index contributed by atoms with van der Waals surface area (Å²) in [6.45, 7) is 2.24. The molecule has 0 unspecified atom stereocenters. The molecule has 1 aliphatic heterocycles. The highest BCUT2D eigenvalue weighted by Crippen LogP contribution is 2.50. The van der Waals surface area contributed by atoms with E-state index in [-0.39, 0.29) is 22.7 Å². The third-order valence-electron chi connectivity index (χ3n) is 7.35. The van der Waals surface area contributed by atoms with Crippen LogP contribution < -0.4 is 20.3 Å². The van der Waals surface area contributed by atoms with Crippen molar-refractivity contribution in [3.05, 3.63) is 47.1 Å². The van der Waals surface area contributed by atoms with Gasteiger partial charge >= 0.3 is 6.18 Å². The van der Waals surface area contributed by atoms with Gasteiger partial charge in [0.05, 0.1) is 18.1 Å². The zero-order valence-corrected chi connectivity index (χ0v) is 23.6. The molecule has 3 N–H and O–H groups in total. The van der Waals surface area contributed by atoms with Crippen LogP contribution in [-0.2, 0) is 16.4 Å². The first-order valence-corrected chi connectivity index (χ1v) is 15.7. The largest absolute Gasteiger partial charge is 0.393 e. The van der Waals surface area contributed by atoms with Crippen LogP contribution in [0, 0.1) is 5.41 Å². The molecule has 0 atom stereocenters. The monoisotopic (exact) mass is 596 g/mol. The molecular weight excluding hydrogens is 565 g/mol. The third kappa shape index (κ3) is 7.02. The molecule has 1 spiro atoms. The zero-order valence-electron chi connectivity index (χ0n) is 21.9. The van der Waals surface area contributed by atoms with E-state index in [0.717, 1.165) is 55.6 Å². The molecule has 2 aliphatic rings. The minimum atomic E-state index is -4.26. The van der Waals surface area contributed by atoms with Crippen LogP contribution in [0.1, 0.15) is 40.9 Å². The molecule has 0 radical (unpaired) electrons. The van der Waals surface area contributed by atoms with Gasteiger partial charge in [-0.1, -0.05) is 0 Å². The first kappa shape index (κ1) is 28.6. The number of amides is 1. The maximum absolute atomic E-state index is 12.9. The fraction of sp³-hybridized carbons (Fsp3) is 0.500. The fourth-order valence-corrected chi connectivity index (χ4v) is 7.11. The van der Waals surface area contributed by atoms with E-state index in [1.807, 2.05) is 12.1 Å². The average Bonchev–Trinajstić information content (AvgIpc) is 3.46. The molecule has 1 saturated carbocycles. The van der Waals surface area contributed by atoms with Crippen molar-refractivity contribution in [2.75, 3.05) is 42.7 Å². The lowest BCUT2D eigenvalue weighted by Crippen LogP contribution is -2.46. The van der Waals surface area contributed by atoms with E-state index in [9.17, 15) is 26.4 Å². The number of carbonyl (C=O) groups excluding carboxylic acids is 1. The summed E-state index contributed by atoms with van der Waals surface area (Å²) in [5.41, 5.74) is 1.60. The molecular formula is C26H31F3N6O3S2. The molecule has 1 aliphatic carbocycles. The Kier molecular flexibility index (Phi) is 7.94. The number of nitrogens with one attached hydrogen (secondary N) is 3. The summed E-state index contributed by atoms with van der Waals surface area (Å²) in [6, 6.07) is 9.14. The number of rotatable bonds is 10. The summed E-state index contributed by atoms with van der Waals surface area (Å²) in [4.78, 5) is 24.0. The molecule has 14 heteroatoms. The Balaban J connectivity index is 1.10. The number of halogens is 3. The van der Waals surface area contributed by atoms with Crippen LogP contribution in [0.25, 0.3) is 10.2 Å². The highest BCUT2D eigenvalue weighted by atomic mass is 32.2. The number of fused-ring (bicyclic) bond motifs is 1. The van der Waals surface area contributed by atoms with Gasteiger partial charge in [-0.2, -0.15) is 13.2 Å². The standard InChI is InChI=1S/C26H31F3N6O3S2/c1-40(37,38)33-9-2-8-30-23(36)17-3-5-18(6-4-17)34-19-12-25(13-19)7-10-35(15-25)22-21-11-20(14-26(27,28)29)39-24(21)32-16-31-22/h3-6,11,16,19,33-34H,2,7-10,12-15H2,1H3,(H,30,36). The Hall–Kier alpha value is -2.97. The van der Waals surface area contributed by atoms with Crippen LogP contribution in [0.15, 0.2) is 36.7 Å². The second-order valence-corrected chi connectivity index (χ2v) is 13.6. The summed E-state index contributed by atoms with van der Waals surface area (Å²) in [7, 11) is -3.23. The van der Waals surface area contributed by atoms with E-state index >= 15 is 0 Å². The van der Waals surface area contributed by atoms with Gasteiger partial charge in [-0.3, -0.25) is 4.79 Å². The van der Waals surface area contributed by atoms with Gasteiger partial charge in [0.15, 0.2) is 0 Å². The van der Waals surface area contributed by atoms with E-state index in [1.54, 1.807) is 18.2 Å². The van der Waals surface area contributed by atoms with Gasteiger partial charge in [0, 0.05) is 48.3 Å². The maximum Gasteiger partial charge on any atom is 0.393 e. The number of anilines is 2. The van der Waals surface area contributed by atoms with Crippen molar-refractivity contribution in [3.8, 4) is 0 Å². The maximum atomic E-state index is 12.9. The Morgan fingerprint density at radius 2 is 1.93 bits per heavy atom. The number of thiophene rings is 1. The van der Waals surface area contributed by atoms with Gasteiger partial charge in [0.2, 0.25) is 10.0 Å². The Labute approximate surface area is 234 Å². The summed E-state index contributed by atoms with van der Waals surface area (Å²) in [6.07, 6.45) is 0.756. The van der Waals surface area contributed by atoms with Crippen LogP contribution in [-0.4, -0.2) is 68.9 Å². The van der Waals surface area contributed by atoms with Crippen molar-refractivity contribution in [2.45, 2.75) is 44.3 Å². The molecule has 3 heterocycles. The third-order valence-corrected chi connectivity index (χ3v) is 9.12. The summed E-state index contributed by atoms with van der Waals surface area (Å²) < 4.78 is 63.2. The lowest BCUT2D eigenvalue weighted by molar-refractivity contribution is -0.126. The number of benzene rings is 1. The number of hydrogen-bond acceptors (Lipinski definition) is 8. The van der Waals surface area contributed by atoms with Crippen molar-refractivity contribution >= 4 is 49.0 Å². The Morgan fingerprint density at radius 1 is 1.18 bits per heavy atom. The average molecular weight is 597 g/mol. The lowest BCUT2D eigenvalue weighted by atomic mass is 9.65. The molecule has 40 heavy (non-hydrogen) atoms. The molecule has 3 aromatic rings. The van der Waals surface area contributed by atoms with Gasteiger partial charge in [-0.15, -0.1) is 11.3 Å². The molecule has 5 rings (SSSR count). The molecule has 216 valence electrons. The van der Waals surface area contributed by atoms with Crippen molar-refractivity contribution in [1.82, 2.24) is 20.0 Å². The van der Waals surface area contributed by atoms with E-state index < -0.39 is 22.6 Å². The summed E-state index contributed by atoms with van der Waals surface area (Å²) in [5, 5.41) is 7.00. The van der Waals surface area contributed by atoms with Crippen molar-refractivity contribution in [1.29, 1.82) is 0 Å². The van der Waals surface area contributed by atoms with E-state index in [4.69, 9.17) is 0 Å². The van der Waals surface area contributed by atoms with Gasteiger partial charge < -0.3 is 15.5 Å². The van der Waals surface area contributed by atoms with Gasteiger partial charge in [0.1, 0.15) is 17.0 Å². The van der Waals surface area contributed by atoms with E-state index in [0.29, 0.717) is 40.6 Å². The van der Waals surface area contributed by atoms with Gasteiger partial charge in [-0.25, -0.2) is 23.1 Å². The smallest absolute Gasteiger partial charge is 0.382 e. The van der Waals surface area contributed by atoms with Crippen LogP contribution in [0.3, 0.4) is 0 Å². The molecule has 2 aromatic heterocycles. The predicted molar refractivity (Wildman–Crippen MR) is 149 cm³/mol. The molecule has 9 nitrogen and oxygen atoms in total. The summed E-state index contributed by atoms with van der Waals surface area (Å²) >= 11 is 1.07. The molecule has 2 fully saturated rings. The van der Waals surface area contributed by atoms with E-state index in [1.165, 1.54) is 6.33 Å². The van der Waals surface area contributed by atoms with Crippen molar-refractivity contribution in [3.63, 3.8) is 0 Å². The lowest BCUT2D eigenvalue weighted by Gasteiger charge is -2.46. The summed E-state index contributed by atoms with van der Waals surface area (Å²) in [5.74, 6) is 0.498. The fourth-order valence-electron chi connectivity index (χ4n) is 5.57. The first-order valence-electron chi connectivity index (χ1n) is 13.0. The van der Waals surface area contributed by atoms with Crippen molar-refractivity contribution in [2.24, 2.45) is 5.41 Å². The van der Waals surface area contributed by atoms with Crippen LogP contribution in [0.5, 0.6) is 0 Å². The SMILES string of the molecule is CS(=O)(=O)NCCCNC(=O)c1ccc(NC2CC3(CCN(c4ncnc5sc(CC(F)(F)F)cc45)C3)C2)cc1. The van der Waals surface area contributed by atoms with Gasteiger partial charge in [-0.05, 0) is 61.4 Å². The second-order valence-electron chi connectivity index (χ2n) is 10.7. The number of alkyl halides is 3. The highest BCUT2D eigenvalue weighted by molar-refractivity contribution is 7.88. The van der Waals surface area contributed by atoms with Crippen molar-refractivity contribution < 1.29 is 26.4 Å². The molecule has 1 amide bonds. The van der Waals surface area contributed by atoms with Crippen LogP contribution in [0.2, 0.25) is 0 Å². The Morgan fingerprint density at radius 3 is 2.62 bits per heavy atom. The molecule has 1 aromatic carbocycles. The minimum Gasteiger partial charge on any atom is -0.382 e. The van der Waals surface area contributed by atoms with Gasteiger partial charge in [0.25, 0.3) is 5.91 Å². The normalized spacial score (nSPS) is 21.1. The second kappa shape index (κ2) is 11.1. The number of nitrogens with zero attached hydrogens (tertiary/aromatic N) is 3. The highest BCUT2D eigenvalue weighted by Gasteiger charge is 2.49. The van der Waals surface area contributed by atoms with E-state index in [2.05, 4.69) is 30.2 Å². The van der Waals surface area contributed by atoms with Crippen LogP contribution >= 0.6 is 11.3 Å². The van der Waals surface area contributed by atoms with Crippen LogP contribution in [0.4, 0.5) is 24.7 Å². The Bertz CT molecular complexity index is 1470. The first-order chi connectivity index (χ1) is 18.9. The number of carbonyl (C=O) groups is 1. The number of aromatic nitrogens is 2. The minimum absolute atomic E-state index is 0.144. The number of sulfonamides is 1. The quantitative estimate of drug-likeness (QED) is 0.304. The topological polar surface area (TPSA) is 116 Å². The molecule has 1 saturated heterocycles. The predicted octanol–water partition coefficient (Wildman–Crippen LogP) is 3.94.